The summed E-state index contributed by atoms with van der Waals surface area (Å²) in [5, 5.41) is 10.6. The van der Waals surface area contributed by atoms with E-state index < -0.39 is 6.10 Å². The molecule has 39 heavy (non-hydrogen) atoms. The second-order valence-electron chi connectivity index (χ2n) is 12.6. The van der Waals surface area contributed by atoms with Crippen LogP contribution in [0.2, 0.25) is 0 Å². The molecule has 0 bridgehead atoms. The number of unbranched alkanes of at least 4 members (excludes halogenated alkanes) is 19. The Hall–Kier alpha value is -0.610. The van der Waals surface area contributed by atoms with Crippen molar-refractivity contribution in [1.82, 2.24) is 4.90 Å². The number of amides is 1. The standard InChI is InChI=1S/C35H69NO3/c1-3-5-7-9-11-12-13-14-15-16-17-19-21-23-30-39-32-34(37)31-36(29-28-33-25-24-26-33)35(38)27-22-20-18-10-8-6-4-2/h33-34,37H,3-32H2,1-2H3. The second-order valence-corrected chi connectivity index (χ2v) is 12.6. The van der Waals surface area contributed by atoms with Crippen molar-refractivity contribution >= 4 is 5.91 Å². The molecular weight excluding hydrogens is 482 g/mol. The molecule has 1 rings (SSSR count). The maximum atomic E-state index is 12.9. The van der Waals surface area contributed by atoms with Crippen LogP contribution in [0.5, 0.6) is 0 Å². The fraction of sp³-hybridized carbons (Fsp3) is 0.971. The van der Waals surface area contributed by atoms with Crippen LogP contribution in [0.25, 0.3) is 0 Å². The summed E-state index contributed by atoms with van der Waals surface area (Å²) < 4.78 is 5.80. The van der Waals surface area contributed by atoms with E-state index in [1.807, 2.05) is 4.90 Å². The fourth-order valence-corrected chi connectivity index (χ4v) is 5.75. The largest absolute Gasteiger partial charge is 0.389 e. The highest BCUT2D eigenvalue weighted by Gasteiger charge is 2.22. The highest BCUT2D eigenvalue weighted by molar-refractivity contribution is 5.76. The van der Waals surface area contributed by atoms with Gasteiger partial charge in [0.1, 0.15) is 0 Å². The van der Waals surface area contributed by atoms with Gasteiger partial charge < -0.3 is 14.7 Å². The summed E-state index contributed by atoms with van der Waals surface area (Å²) in [6.07, 6.45) is 32.7. The fourth-order valence-electron chi connectivity index (χ4n) is 5.75. The Morgan fingerprint density at radius 2 is 1.18 bits per heavy atom. The average molecular weight is 552 g/mol. The van der Waals surface area contributed by atoms with Gasteiger partial charge in [0.25, 0.3) is 0 Å². The van der Waals surface area contributed by atoms with Crippen LogP contribution in [0.3, 0.4) is 0 Å². The molecule has 1 amide bonds. The molecule has 1 unspecified atom stereocenters. The third-order valence-electron chi connectivity index (χ3n) is 8.76. The van der Waals surface area contributed by atoms with Gasteiger partial charge in [0, 0.05) is 26.1 Å². The first kappa shape index (κ1) is 36.4. The Morgan fingerprint density at radius 3 is 1.64 bits per heavy atom. The van der Waals surface area contributed by atoms with Crippen LogP contribution in [0, 0.1) is 5.92 Å². The van der Waals surface area contributed by atoms with Crippen LogP contribution >= 0.6 is 0 Å². The maximum absolute atomic E-state index is 12.9. The zero-order valence-corrected chi connectivity index (χ0v) is 26.6. The Morgan fingerprint density at radius 1 is 0.718 bits per heavy atom. The molecule has 232 valence electrons. The highest BCUT2D eigenvalue weighted by atomic mass is 16.5. The smallest absolute Gasteiger partial charge is 0.222 e. The van der Waals surface area contributed by atoms with Crippen molar-refractivity contribution in [2.75, 3.05) is 26.3 Å². The molecule has 0 aromatic heterocycles. The number of hydrogen-bond acceptors (Lipinski definition) is 3. The Bertz CT molecular complexity index is 522. The molecule has 0 spiro atoms. The van der Waals surface area contributed by atoms with Gasteiger partial charge in [-0.3, -0.25) is 4.79 Å². The molecule has 4 nitrogen and oxygen atoms in total. The average Bonchev–Trinajstić information content (AvgIpc) is 2.90. The first-order chi connectivity index (χ1) is 19.2. The van der Waals surface area contributed by atoms with E-state index in [4.69, 9.17) is 4.74 Å². The van der Waals surface area contributed by atoms with E-state index in [2.05, 4.69) is 13.8 Å². The number of nitrogens with zero attached hydrogens (tertiary/aromatic N) is 1. The van der Waals surface area contributed by atoms with Gasteiger partial charge in [0.2, 0.25) is 5.91 Å². The summed E-state index contributed by atoms with van der Waals surface area (Å²) in [5.74, 6) is 1.02. The second kappa shape index (κ2) is 27.6. The summed E-state index contributed by atoms with van der Waals surface area (Å²) in [4.78, 5) is 14.9. The molecule has 0 saturated heterocycles. The first-order valence-electron chi connectivity index (χ1n) is 17.7. The number of aliphatic hydroxyl groups is 1. The molecule has 1 atom stereocenters. The lowest BCUT2D eigenvalue weighted by molar-refractivity contribution is -0.133. The summed E-state index contributed by atoms with van der Waals surface area (Å²) in [7, 11) is 0. The molecule has 1 aliphatic carbocycles. The molecule has 1 N–H and O–H groups in total. The minimum atomic E-state index is -0.573. The number of rotatable bonds is 30. The number of carbonyl (C=O) groups is 1. The molecule has 0 aromatic carbocycles. The summed E-state index contributed by atoms with van der Waals surface area (Å²) in [5.41, 5.74) is 0. The minimum Gasteiger partial charge on any atom is -0.389 e. The predicted molar refractivity (Wildman–Crippen MR) is 168 cm³/mol. The topological polar surface area (TPSA) is 49.8 Å². The molecule has 4 heteroatoms. The Kier molecular flexibility index (Phi) is 25.7. The van der Waals surface area contributed by atoms with Crippen molar-refractivity contribution in [2.24, 2.45) is 5.92 Å². The molecule has 1 saturated carbocycles. The highest BCUT2D eigenvalue weighted by Crippen LogP contribution is 2.29. The monoisotopic (exact) mass is 552 g/mol. The predicted octanol–water partition coefficient (Wildman–Crippen LogP) is 10.0. The summed E-state index contributed by atoms with van der Waals surface area (Å²) >= 11 is 0. The van der Waals surface area contributed by atoms with E-state index in [0.717, 1.165) is 44.8 Å². The molecule has 1 aliphatic rings. The molecule has 0 heterocycles. The van der Waals surface area contributed by atoms with E-state index in [1.165, 1.54) is 135 Å². The van der Waals surface area contributed by atoms with Gasteiger partial charge in [-0.15, -0.1) is 0 Å². The van der Waals surface area contributed by atoms with E-state index >= 15 is 0 Å². The SMILES string of the molecule is CCCCCCCCCCCCCCCCOCC(O)CN(CCC1CCC1)C(=O)CCCCCCCCC. The van der Waals surface area contributed by atoms with Crippen LogP contribution in [0.1, 0.15) is 181 Å². The Balaban J connectivity index is 2.04. The van der Waals surface area contributed by atoms with E-state index in [0.29, 0.717) is 19.6 Å². The van der Waals surface area contributed by atoms with Crippen molar-refractivity contribution < 1.29 is 14.6 Å². The van der Waals surface area contributed by atoms with Gasteiger partial charge in [0.05, 0.1) is 12.7 Å². The van der Waals surface area contributed by atoms with Gasteiger partial charge in [-0.05, 0) is 25.2 Å². The van der Waals surface area contributed by atoms with Gasteiger partial charge in [-0.1, -0.05) is 155 Å². The van der Waals surface area contributed by atoms with E-state index in [9.17, 15) is 9.90 Å². The van der Waals surface area contributed by atoms with E-state index in [-0.39, 0.29) is 5.91 Å². The Labute approximate surface area is 244 Å². The van der Waals surface area contributed by atoms with Crippen molar-refractivity contribution in [2.45, 2.75) is 187 Å². The van der Waals surface area contributed by atoms with Crippen LogP contribution in [-0.2, 0) is 9.53 Å². The van der Waals surface area contributed by atoms with E-state index in [1.54, 1.807) is 0 Å². The third kappa shape index (κ3) is 22.7. The normalized spacial score (nSPS) is 14.4. The molecule has 1 fully saturated rings. The lowest BCUT2D eigenvalue weighted by Gasteiger charge is -2.30. The third-order valence-corrected chi connectivity index (χ3v) is 8.76. The van der Waals surface area contributed by atoms with Crippen molar-refractivity contribution in [3.8, 4) is 0 Å². The van der Waals surface area contributed by atoms with Crippen LogP contribution in [0.4, 0.5) is 0 Å². The van der Waals surface area contributed by atoms with Crippen LogP contribution in [-0.4, -0.2) is 48.3 Å². The molecule has 0 aromatic rings. The summed E-state index contributed by atoms with van der Waals surface area (Å²) in [6.45, 7) is 6.84. The number of ether oxygens (including phenoxy) is 1. The van der Waals surface area contributed by atoms with Crippen molar-refractivity contribution in [3.63, 3.8) is 0 Å². The number of hydrogen-bond donors (Lipinski definition) is 1. The zero-order valence-electron chi connectivity index (χ0n) is 26.6. The van der Waals surface area contributed by atoms with Gasteiger partial charge in [-0.2, -0.15) is 0 Å². The number of aliphatic hydroxyl groups excluding tert-OH is 1. The minimum absolute atomic E-state index is 0.230. The summed E-state index contributed by atoms with van der Waals surface area (Å²) in [6, 6.07) is 0. The van der Waals surface area contributed by atoms with Gasteiger partial charge >= 0.3 is 0 Å². The molecule has 0 radical (unpaired) electrons. The first-order valence-corrected chi connectivity index (χ1v) is 17.7. The lowest BCUT2D eigenvalue weighted by Crippen LogP contribution is -2.40. The maximum Gasteiger partial charge on any atom is 0.222 e. The molecular formula is C35H69NO3. The number of carbonyl (C=O) groups excluding carboxylic acids is 1. The zero-order chi connectivity index (χ0) is 28.2. The van der Waals surface area contributed by atoms with Gasteiger partial charge in [0.15, 0.2) is 0 Å². The van der Waals surface area contributed by atoms with Crippen molar-refractivity contribution in [1.29, 1.82) is 0 Å². The van der Waals surface area contributed by atoms with Crippen molar-refractivity contribution in [3.05, 3.63) is 0 Å². The molecule has 0 aliphatic heterocycles. The van der Waals surface area contributed by atoms with Gasteiger partial charge in [-0.25, -0.2) is 0 Å². The lowest BCUT2D eigenvalue weighted by atomic mass is 9.83. The van der Waals surface area contributed by atoms with Crippen LogP contribution in [0.15, 0.2) is 0 Å². The van der Waals surface area contributed by atoms with Crippen LogP contribution < -0.4 is 0 Å². The quantitative estimate of drug-likeness (QED) is 0.0903.